The quantitative estimate of drug-likeness (QED) is 0.641. The Hall–Kier alpha value is -2.49. The van der Waals surface area contributed by atoms with Crippen molar-refractivity contribution in [2.75, 3.05) is 24.8 Å². The molecule has 0 aliphatic carbocycles. The average Bonchev–Trinajstić information content (AvgIpc) is 3.34. The first kappa shape index (κ1) is 19.8. The van der Waals surface area contributed by atoms with Crippen LogP contribution in [-0.2, 0) is 14.6 Å². The van der Waals surface area contributed by atoms with Crippen LogP contribution in [0.1, 0.15) is 23.2 Å². The molecule has 0 radical (unpaired) electrons. The third-order valence-electron chi connectivity index (χ3n) is 4.58. The molecule has 0 bridgehead atoms. The fraction of sp³-hybridized carbons (Fsp3) is 0.300. The molecular weight excluding hydrogens is 412 g/mol. The minimum absolute atomic E-state index is 0.139. The molecule has 1 fully saturated rings. The topological polar surface area (TPSA) is 94.6 Å². The Bertz CT molecular complexity index is 1130. The van der Waals surface area contributed by atoms with Gasteiger partial charge in [0.05, 0.1) is 21.2 Å². The van der Waals surface area contributed by atoms with Gasteiger partial charge in [0.25, 0.3) is 5.91 Å². The number of fused-ring (bicyclic) bond motifs is 1. The number of nitrogens with zero attached hydrogens (tertiary/aromatic N) is 1. The Morgan fingerprint density at radius 1 is 1.28 bits per heavy atom. The van der Waals surface area contributed by atoms with E-state index in [1.165, 1.54) is 17.4 Å². The summed E-state index contributed by atoms with van der Waals surface area (Å²) in [4.78, 5) is 17.1. The summed E-state index contributed by atoms with van der Waals surface area (Å²) >= 11 is 1.23. The van der Waals surface area contributed by atoms with E-state index in [2.05, 4.69) is 10.3 Å². The van der Waals surface area contributed by atoms with Crippen LogP contribution in [0.4, 0.5) is 5.13 Å². The largest absolute Gasteiger partial charge is 0.491 e. The molecule has 7 nitrogen and oxygen atoms in total. The van der Waals surface area contributed by atoms with Gasteiger partial charge in [-0.2, -0.15) is 0 Å². The van der Waals surface area contributed by atoms with Crippen LogP contribution in [0.5, 0.6) is 5.75 Å². The van der Waals surface area contributed by atoms with E-state index in [0.717, 1.165) is 25.7 Å². The van der Waals surface area contributed by atoms with Crippen LogP contribution in [-0.4, -0.2) is 44.9 Å². The predicted molar refractivity (Wildman–Crippen MR) is 112 cm³/mol. The van der Waals surface area contributed by atoms with Crippen molar-refractivity contribution in [3.05, 3.63) is 48.0 Å². The number of carbonyl (C=O) groups excluding carboxylic acids is 1. The minimum atomic E-state index is -3.29. The van der Waals surface area contributed by atoms with Crippen molar-refractivity contribution in [3.8, 4) is 5.75 Å². The van der Waals surface area contributed by atoms with Crippen molar-refractivity contribution >= 4 is 42.4 Å². The molecule has 29 heavy (non-hydrogen) atoms. The zero-order valence-corrected chi connectivity index (χ0v) is 17.4. The third kappa shape index (κ3) is 4.75. The fourth-order valence-electron chi connectivity index (χ4n) is 3.03. The molecule has 1 aliphatic heterocycles. The summed E-state index contributed by atoms with van der Waals surface area (Å²) < 4.78 is 35.3. The highest BCUT2D eigenvalue weighted by Crippen LogP contribution is 2.28. The van der Waals surface area contributed by atoms with Crippen molar-refractivity contribution in [1.29, 1.82) is 0 Å². The van der Waals surface area contributed by atoms with Gasteiger partial charge in [0.15, 0.2) is 15.0 Å². The number of rotatable bonds is 6. The first-order valence-corrected chi connectivity index (χ1v) is 11.9. The summed E-state index contributed by atoms with van der Waals surface area (Å²) in [6.07, 6.45) is 3.37. The Labute approximate surface area is 172 Å². The molecule has 2 aromatic carbocycles. The number of carbonyl (C=O) groups is 1. The molecule has 1 N–H and O–H groups in total. The van der Waals surface area contributed by atoms with Crippen LogP contribution in [0.3, 0.4) is 0 Å². The molecular formula is C20H20N2O5S2. The highest BCUT2D eigenvalue weighted by molar-refractivity contribution is 7.90. The highest BCUT2D eigenvalue weighted by Gasteiger charge is 2.16. The van der Waals surface area contributed by atoms with Crippen molar-refractivity contribution in [2.45, 2.75) is 23.8 Å². The van der Waals surface area contributed by atoms with Gasteiger partial charge in [-0.25, -0.2) is 13.4 Å². The Morgan fingerprint density at radius 2 is 2.07 bits per heavy atom. The number of sulfone groups is 1. The minimum Gasteiger partial charge on any atom is -0.491 e. The van der Waals surface area contributed by atoms with Crippen LogP contribution in [0, 0.1) is 0 Å². The molecule has 1 amide bonds. The summed E-state index contributed by atoms with van der Waals surface area (Å²) in [5, 5.41) is 3.17. The number of aromatic nitrogens is 1. The number of thiazole rings is 1. The maximum atomic E-state index is 12.5. The second kappa shape index (κ2) is 8.10. The number of anilines is 1. The van der Waals surface area contributed by atoms with Gasteiger partial charge in [0, 0.05) is 18.4 Å². The van der Waals surface area contributed by atoms with E-state index in [4.69, 9.17) is 9.47 Å². The average molecular weight is 433 g/mol. The number of hydrogen-bond acceptors (Lipinski definition) is 7. The molecule has 1 aromatic heterocycles. The Morgan fingerprint density at radius 3 is 2.76 bits per heavy atom. The van der Waals surface area contributed by atoms with Crippen LogP contribution in [0.25, 0.3) is 10.2 Å². The van der Waals surface area contributed by atoms with Crippen molar-refractivity contribution in [2.24, 2.45) is 0 Å². The van der Waals surface area contributed by atoms with E-state index < -0.39 is 9.84 Å². The van der Waals surface area contributed by atoms with Gasteiger partial charge in [-0.3, -0.25) is 10.1 Å². The lowest BCUT2D eigenvalue weighted by Crippen LogP contribution is -2.16. The summed E-state index contributed by atoms with van der Waals surface area (Å²) in [5.41, 5.74) is 1.11. The fourth-order valence-corrected chi connectivity index (χ4v) is 4.65. The lowest BCUT2D eigenvalue weighted by atomic mass is 10.2. The smallest absolute Gasteiger partial charge is 0.257 e. The Balaban J connectivity index is 1.41. The van der Waals surface area contributed by atoms with Gasteiger partial charge in [-0.1, -0.05) is 11.3 Å². The summed E-state index contributed by atoms with van der Waals surface area (Å²) in [6, 6.07) is 11.6. The molecule has 1 aliphatic rings. The van der Waals surface area contributed by atoms with Crippen LogP contribution < -0.4 is 10.1 Å². The molecule has 0 saturated carbocycles. The van der Waals surface area contributed by atoms with Crippen LogP contribution >= 0.6 is 11.3 Å². The predicted octanol–water partition coefficient (Wildman–Crippen LogP) is 3.51. The SMILES string of the molecule is CS(=O)(=O)c1ccc2nc(NC(=O)c3ccc(OC[C@@H]4CCCO4)cc3)sc2c1. The number of amides is 1. The van der Waals surface area contributed by atoms with Gasteiger partial charge in [-0.05, 0) is 55.3 Å². The molecule has 4 rings (SSSR count). The molecule has 0 unspecified atom stereocenters. The van der Waals surface area contributed by atoms with Gasteiger partial charge < -0.3 is 9.47 Å². The van der Waals surface area contributed by atoms with Gasteiger partial charge in [-0.15, -0.1) is 0 Å². The van der Waals surface area contributed by atoms with Gasteiger partial charge in [0.1, 0.15) is 12.4 Å². The highest BCUT2D eigenvalue weighted by atomic mass is 32.2. The normalized spacial score (nSPS) is 16.8. The van der Waals surface area contributed by atoms with Crippen molar-refractivity contribution in [1.82, 2.24) is 4.98 Å². The van der Waals surface area contributed by atoms with Gasteiger partial charge >= 0.3 is 0 Å². The molecule has 152 valence electrons. The van der Waals surface area contributed by atoms with Crippen LogP contribution in [0.15, 0.2) is 47.4 Å². The standard InChI is InChI=1S/C20H20N2O5S2/c1-29(24,25)16-8-9-17-18(11-16)28-20(21-17)22-19(23)13-4-6-14(7-5-13)27-12-15-3-2-10-26-15/h4-9,11,15H,2-3,10,12H2,1H3,(H,21,22,23)/t15-/m0/s1. The summed E-state index contributed by atoms with van der Waals surface area (Å²) in [5.74, 6) is 0.392. The molecule has 0 spiro atoms. The second-order valence-corrected chi connectivity index (χ2v) is 9.89. The van der Waals surface area contributed by atoms with Crippen molar-refractivity contribution < 1.29 is 22.7 Å². The van der Waals surface area contributed by atoms with Crippen molar-refractivity contribution in [3.63, 3.8) is 0 Å². The van der Waals surface area contributed by atoms with Crippen LogP contribution in [0.2, 0.25) is 0 Å². The first-order valence-electron chi connectivity index (χ1n) is 9.15. The lowest BCUT2D eigenvalue weighted by Gasteiger charge is -2.11. The van der Waals surface area contributed by atoms with E-state index in [-0.39, 0.29) is 16.9 Å². The first-order chi connectivity index (χ1) is 13.9. The lowest BCUT2D eigenvalue weighted by molar-refractivity contribution is 0.0679. The number of nitrogens with one attached hydrogen (secondary N) is 1. The zero-order valence-electron chi connectivity index (χ0n) is 15.8. The van der Waals surface area contributed by atoms with E-state index in [1.807, 2.05) is 0 Å². The number of benzene rings is 2. The maximum absolute atomic E-state index is 12.5. The van der Waals surface area contributed by atoms with E-state index in [1.54, 1.807) is 36.4 Å². The maximum Gasteiger partial charge on any atom is 0.257 e. The molecule has 2 heterocycles. The Kier molecular flexibility index (Phi) is 5.53. The summed E-state index contributed by atoms with van der Waals surface area (Å²) in [7, 11) is -3.29. The number of ether oxygens (including phenoxy) is 2. The molecule has 9 heteroatoms. The molecule has 1 atom stereocenters. The second-order valence-electron chi connectivity index (χ2n) is 6.85. The summed E-state index contributed by atoms with van der Waals surface area (Å²) in [6.45, 7) is 1.29. The van der Waals surface area contributed by atoms with E-state index in [9.17, 15) is 13.2 Å². The monoisotopic (exact) mass is 432 g/mol. The number of hydrogen-bond donors (Lipinski definition) is 1. The zero-order chi connectivity index (χ0) is 20.4. The van der Waals surface area contributed by atoms with E-state index in [0.29, 0.717) is 33.3 Å². The third-order valence-corrected chi connectivity index (χ3v) is 6.63. The van der Waals surface area contributed by atoms with E-state index >= 15 is 0 Å². The molecule has 3 aromatic rings. The van der Waals surface area contributed by atoms with Gasteiger partial charge in [0.2, 0.25) is 0 Å². The molecule has 1 saturated heterocycles.